The molecule has 0 aliphatic rings. The van der Waals surface area contributed by atoms with Crippen molar-refractivity contribution < 1.29 is 23.8 Å². The fraction of sp³-hybridized carbons (Fsp3) is 0.692. The Morgan fingerprint density at radius 3 is 2.33 bits per heavy atom. The maximum absolute atomic E-state index is 11.1. The first-order chi connectivity index (χ1) is 8.70. The van der Waals surface area contributed by atoms with Gasteiger partial charge in [0.1, 0.15) is 6.61 Å². The van der Waals surface area contributed by atoms with E-state index in [9.17, 15) is 9.59 Å². The second-order valence-corrected chi connectivity index (χ2v) is 3.70. The van der Waals surface area contributed by atoms with Gasteiger partial charge in [0, 0.05) is 18.8 Å². The van der Waals surface area contributed by atoms with Crippen LogP contribution < -0.4 is 0 Å². The fourth-order valence-corrected chi connectivity index (χ4v) is 1.19. The van der Waals surface area contributed by atoms with E-state index in [0.29, 0.717) is 13.2 Å². The first kappa shape index (κ1) is 16.6. The van der Waals surface area contributed by atoms with Crippen molar-refractivity contribution in [3.8, 4) is 0 Å². The zero-order chi connectivity index (χ0) is 13.6. The van der Waals surface area contributed by atoms with E-state index in [1.165, 1.54) is 20.0 Å². The molecule has 0 amide bonds. The van der Waals surface area contributed by atoms with Gasteiger partial charge in [0.25, 0.3) is 0 Å². The molecule has 0 fully saturated rings. The van der Waals surface area contributed by atoms with Crippen LogP contribution in [0, 0.1) is 0 Å². The molecule has 5 heteroatoms. The average Bonchev–Trinajstić information content (AvgIpc) is 2.39. The van der Waals surface area contributed by atoms with Crippen LogP contribution in [0.5, 0.6) is 0 Å². The Balaban J connectivity index is 3.35. The third-order valence-corrected chi connectivity index (χ3v) is 2.17. The Bertz CT molecular complexity index is 260. The van der Waals surface area contributed by atoms with Crippen molar-refractivity contribution in [1.82, 2.24) is 0 Å². The summed E-state index contributed by atoms with van der Waals surface area (Å²) < 4.78 is 14.4. The number of ether oxygens (including phenoxy) is 3. The summed E-state index contributed by atoms with van der Waals surface area (Å²) in [5, 5.41) is 0. The highest BCUT2D eigenvalue weighted by molar-refractivity contribution is 5.91. The predicted octanol–water partition coefficient (Wildman–Crippen LogP) is 1.86. The molecule has 5 nitrogen and oxygen atoms in total. The first-order valence-electron chi connectivity index (χ1n) is 6.21. The minimum absolute atomic E-state index is 0.193. The molecular weight excluding hydrogens is 236 g/mol. The van der Waals surface area contributed by atoms with Crippen LogP contribution in [-0.4, -0.2) is 38.9 Å². The zero-order valence-electron chi connectivity index (χ0n) is 11.1. The van der Waals surface area contributed by atoms with Crippen LogP contribution in [0.15, 0.2) is 12.2 Å². The molecule has 0 aromatic heterocycles. The molecule has 0 spiro atoms. The van der Waals surface area contributed by atoms with E-state index in [0.717, 1.165) is 25.0 Å². The van der Waals surface area contributed by atoms with Gasteiger partial charge in [0.05, 0.1) is 13.7 Å². The van der Waals surface area contributed by atoms with Gasteiger partial charge in [0.15, 0.2) is 0 Å². The van der Waals surface area contributed by atoms with Crippen LogP contribution in [0.4, 0.5) is 0 Å². The van der Waals surface area contributed by atoms with Crippen molar-refractivity contribution in [1.29, 1.82) is 0 Å². The summed E-state index contributed by atoms with van der Waals surface area (Å²) in [6.45, 7) is 3.42. The molecule has 104 valence electrons. The summed E-state index contributed by atoms with van der Waals surface area (Å²) >= 11 is 0. The van der Waals surface area contributed by atoms with Crippen molar-refractivity contribution >= 4 is 11.9 Å². The molecular formula is C13H22O5. The fourth-order valence-electron chi connectivity index (χ4n) is 1.19. The quantitative estimate of drug-likeness (QED) is 0.340. The third kappa shape index (κ3) is 11.1. The minimum atomic E-state index is -0.584. The second kappa shape index (κ2) is 12.1. The lowest BCUT2D eigenvalue weighted by Crippen LogP contribution is -2.09. The maximum Gasteiger partial charge on any atom is 0.331 e. The van der Waals surface area contributed by atoms with Crippen molar-refractivity contribution in [2.75, 3.05) is 26.9 Å². The van der Waals surface area contributed by atoms with E-state index in [2.05, 4.69) is 11.7 Å². The highest BCUT2D eigenvalue weighted by atomic mass is 16.6. The van der Waals surface area contributed by atoms with Gasteiger partial charge in [-0.3, -0.25) is 0 Å². The summed E-state index contributed by atoms with van der Waals surface area (Å²) in [6.07, 6.45) is 6.67. The highest BCUT2D eigenvalue weighted by Gasteiger charge is 1.99. The van der Waals surface area contributed by atoms with Gasteiger partial charge < -0.3 is 14.2 Å². The Morgan fingerprint density at radius 1 is 0.944 bits per heavy atom. The molecule has 0 N–H and O–H groups in total. The van der Waals surface area contributed by atoms with Crippen LogP contribution >= 0.6 is 0 Å². The van der Waals surface area contributed by atoms with Crippen molar-refractivity contribution in [2.24, 2.45) is 0 Å². The minimum Gasteiger partial charge on any atom is -0.466 e. The smallest absolute Gasteiger partial charge is 0.331 e. The third-order valence-electron chi connectivity index (χ3n) is 2.17. The zero-order valence-corrected chi connectivity index (χ0v) is 11.1. The van der Waals surface area contributed by atoms with Crippen LogP contribution in [0.2, 0.25) is 0 Å². The van der Waals surface area contributed by atoms with Gasteiger partial charge in [0.2, 0.25) is 0 Å². The average molecular weight is 258 g/mol. The molecule has 0 saturated heterocycles. The van der Waals surface area contributed by atoms with Gasteiger partial charge in [-0.1, -0.05) is 26.2 Å². The molecule has 0 radical (unpaired) electrons. The van der Waals surface area contributed by atoms with E-state index in [1.54, 1.807) is 0 Å². The molecule has 0 aliphatic heterocycles. The Labute approximate surface area is 108 Å². The molecule has 0 atom stereocenters. The SMILES string of the molecule is CCCCCCOCCOC(=O)C=CC(=O)OC. The molecule has 0 aromatic rings. The molecule has 0 saturated carbocycles. The van der Waals surface area contributed by atoms with Crippen LogP contribution in [0.1, 0.15) is 32.6 Å². The molecule has 0 unspecified atom stereocenters. The number of methoxy groups -OCH3 is 1. The highest BCUT2D eigenvalue weighted by Crippen LogP contribution is 1.98. The summed E-state index contributed by atoms with van der Waals surface area (Å²) in [5.41, 5.74) is 0. The summed E-state index contributed by atoms with van der Waals surface area (Å²) in [4.78, 5) is 21.7. The number of rotatable bonds is 10. The van der Waals surface area contributed by atoms with Crippen LogP contribution in [0.25, 0.3) is 0 Å². The maximum atomic E-state index is 11.1. The van der Waals surface area contributed by atoms with Gasteiger partial charge in [-0.05, 0) is 6.42 Å². The monoisotopic (exact) mass is 258 g/mol. The second-order valence-electron chi connectivity index (χ2n) is 3.70. The molecule has 18 heavy (non-hydrogen) atoms. The number of carbonyl (C=O) groups is 2. The predicted molar refractivity (Wildman–Crippen MR) is 67.1 cm³/mol. The molecule has 0 rings (SSSR count). The Morgan fingerprint density at radius 2 is 1.67 bits per heavy atom. The molecule has 0 bridgehead atoms. The van der Waals surface area contributed by atoms with Crippen LogP contribution in [-0.2, 0) is 23.8 Å². The van der Waals surface area contributed by atoms with E-state index < -0.39 is 11.9 Å². The van der Waals surface area contributed by atoms with E-state index in [4.69, 9.17) is 9.47 Å². The summed E-state index contributed by atoms with van der Waals surface area (Å²) in [5.74, 6) is -1.16. The number of hydrogen-bond acceptors (Lipinski definition) is 5. The Kier molecular flexibility index (Phi) is 11.2. The largest absolute Gasteiger partial charge is 0.466 e. The van der Waals surface area contributed by atoms with Crippen molar-refractivity contribution in [2.45, 2.75) is 32.6 Å². The molecule has 0 heterocycles. The van der Waals surface area contributed by atoms with Crippen LogP contribution in [0.3, 0.4) is 0 Å². The lowest BCUT2D eigenvalue weighted by atomic mass is 10.2. The topological polar surface area (TPSA) is 61.8 Å². The van der Waals surface area contributed by atoms with E-state index in [1.807, 2.05) is 0 Å². The first-order valence-corrected chi connectivity index (χ1v) is 6.21. The number of esters is 2. The van der Waals surface area contributed by atoms with Gasteiger partial charge in [-0.2, -0.15) is 0 Å². The van der Waals surface area contributed by atoms with Gasteiger partial charge in [-0.15, -0.1) is 0 Å². The van der Waals surface area contributed by atoms with Crippen molar-refractivity contribution in [3.05, 3.63) is 12.2 Å². The standard InChI is InChI=1S/C13H22O5/c1-3-4-5-6-9-17-10-11-18-13(15)8-7-12(14)16-2/h7-8H,3-6,9-11H2,1-2H3. The van der Waals surface area contributed by atoms with E-state index >= 15 is 0 Å². The lowest BCUT2D eigenvalue weighted by Gasteiger charge is -2.04. The van der Waals surface area contributed by atoms with Gasteiger partial charge in [-0.25, -0.2) is 9.59 Å². The normalized spacial score (nSPS) is 10.6. The summed E-state index contributed by atoms with van der Waals surface area (Å²) in [6, 6.07) is 0. The lowest BCUT2D eigenvalue weighted by molar-refractivity contribution is -0.140. The van der Waals surface area contributed by atoms with E-state index in [-0.39, 0.29) is 6.61 Å². The van der Waals surface area contributed by atoms with Gasteiger partial charge >= 0.3 is 11.9 Å². The Hall–Kier alpha value is -1.36. The number of carbonyl (C=O) groups excluding carboxylic acids is 2. The number of unbranched alkanes of at least 4 members (excludes halogenated alkanes) is 3. The molecule has 0 aliphatic carbocycles. The number of hydrogen-bond donors (Lipinski definition) is 0. The van der Waals surface area contributed by atoms with Crippen molar-refractivity contribution in [3.63, 3.8) is 0 Å². The molecule has 0 aromatic carbocycles. The summed E-state index contributed by atoms with van der Waals surface area (Å²) in [7, 11) is 1.24.